The van der Waals surface area contributed by atoms with E-state index in [-0.39, 0.29) is 0 Å². The van der Waals surface area contributed by atoms with E-state index in [4.69, 9.17) is 0 Å². The van der Waals surface area contributed by atoms with Crippen molar-refractivity contribution in [2.45, 2.75) is 13.8 Å². The third kappa shape index (κ3) is 5.52. The molecule has 0 saturated heterocycles. The number of nitrogens with one attached hydrogen (secondary N) is 1. The molecule has 0 atom stereocenters. The number of allylic oxidation sites excluding steroid dienone is 2. The maximum absolute atomic E-state index is 3.83. The van der Waals surface area contributed by atoms with E-state index >= 15 is 0 Å². The maximum atomic E-state index is 3.83. The first kappa shape index (κ1) is 10.1. The van der Waals surface area contributed by atoms with Gasteiger partial charge in [-0.2, -0.15) is 0 Å². The van der Waals surface area contributed by atoms with Crippen LogP contribution in [0.4, 0.5) is 0 Å². The molecule has 0 unspecified atom stereocenters. The Hall–Kier alpha value is -0.920. The van der Waals surface area contributed by atoms with E-state index in [0.717, 1.165) is 24.5 Å². The van der Waals surface area contributed by atoms with E-state index < -0.39 is 0 Å². The lowest BCUT2D eigenvalue weighted by atomic mass is 10.4. The first-order valence-electron chi connectivity index (χ1n) is 3.80. The summed E-state index contributed by atoms with van der Waals surface area (Å²) in [6.45, 7) is 13.4. The molecule has 0 aliphatic rings. The van der Waals surface area contributed by atoms with Gasteiger partial charge in [0.15, 0.2) is 0 Å². The second kappa shape index (κ2) is 4.83. The van der Waals surface area contributed by atoms with Gasteiger partial charge in [-0.1, -0.05) is 13.2 Å². The Balaban J connectivity index is 3.39. The van der Waals surface area contributed by atoms with E-state index in [1.165, 1.54) is 0 Å². The van der Waals surface area contributed by atoms with Crippen LogP contribution >= 0.6 is 0 Å². The SMILES string of the molecule is C=C(C)NCCN(C)C(=C)C. The molecule has 64 valence electrons. The molecule has 0 rings (SSSR count). The molecule has 0 spiro atoms. The Bertz CT molecular complexity index is 150. The molecule has 0 saturated carbocycles. The molecular weight excluding hydrogens is 136 g/mol. The third-order valence-corrected chi connectivity index (χ3v) is 1.53. The largest absolute Gasteiger partial charge is 0.387 e. The van der Waals surface area contributed by atoms with E-state index in [1.807, 2.05) is 20.9 Å². The van der Waals surface area contributed by atoms with Gasteiger partial charge < -0.3 is 10.2 Å². The van der Waals surface area contributed by atoms with Crippen LogP contribution in [0, 0.1) is 0 Å². The molecule has 2 nitrogen and oxygen atoms in total. The van der Waals surface area contributed by atoms with Gasteiger partial charge >= 0.3 is 0 Å². The summed E-state index contributed by atoms with van der Waals surface area (Å²) >= 11 is 0. The molecule has 1 N–H and O–H groups in total. The van der Waals surface area contributed by atoms with Gasteiger partial charge in [0.05, 0.1) is 0 Å². The topological polar surface area (TPSA) is 15.3 Å². The van der Waals surface area contributed by atoms with Crippen molar-refractivity contribution in [2.75, 3.05) is 20.1 Å². The number of rotatable bonds is 5. The molecule has 0 aromatic carbocycles. The summed E-state index contributed by atoms with van der Waals surface area (Å²) in [6.07, 6.45) is 0. The fraction of sp³-hybridized carbons (Fsp3) is 0.556. The minimum absolute atomic E-state index is 0.929. The minimum atomic E-state index is 0.929. The lowest BCUT2D eigenvalue weighted by molar-refractivity contribution is 0.419. The number of nitrogens with zero attached hydrogens (tertiary/aromatic N) is 1. The number of hydrogen-bond acceptors (Lipinski definition) is 2. The van der Waals surface area contributed by atoms with Crippen molar-refractivity contribution in [1.82, 2.24) is 10.2 Å². The van der Waals surface area contributed by atoms with Crippen LogP contribution in [0.2, 0.25) is 0 Å². The van der Waals surface area contributed by atoms with Crippen molar-refractivity contribution in [1.29, 1.82) is 0 Å². The first-order chi connectivity index (χ1) is 5.04. The quantitative estimate of drug-likeness (QED) is 0.646. The Morgan fingerprint density at radius 3 is 2.27 bits per heavy atom. The van der Waals surface area contributed by atoms with Crippen LogP contribution in [0.25, 0.3) is 0 Å². The van der Waals surface area contributed by atoms with Crippen molar-refractivity contribution in [3.05, 3.63) is 24.6 Å². The summed E-state index contributed by atoms with van der Waals surface area (Å²) in [5, 5.41) is 3.15. The first-order valence-corrected chi connectivity index (χ1v) is 3.80. The van der Waals surface area contributed by atoms with Gasteiger partial charge in [-0.3, -0.25) is 0 Å². The van der Waals surface area contributed by atoms with Crippen molar-refractivity contribution in [3.63, 3.8) is 0 Å². The summed E-state index contributed by atoms with van der Waals surface area (Å²) in [5.74, 6) is 0. The molecule has 0 aliphatic carbocycles. The molecule has 0 amide bonds. The highest BCUT2D eigenvalue weighted by Gasteiger charge is 1.94. The van der Waals surface area contributed by atoms with Crippen LogP contribution in [0.15, 0.2) is 24.6 Å². The minimum Gasteiger partial charge on any atom is -0.387 e. The number of hydrogen-bond donors (Lipinski definition) is 1. The molecule has 0 radical (unpaired) electrons. The summed E-state index contributed by atoms with van der Waals surface area (Å²) < 4.78 is 0. The van der Waals surface area contributed by atoms with Crippen LogP contribution in [0.1, 0.15) is 13.8 Å². The van der Waals surface area contributed by atoms with E-state index in [1.54, 1.807) is 0 Å². The molecule has 11 heavy (non-hydrogen) atoms. The molecule has 2 heteroatoms. The fourth-order valence-electron chi connectivity index (χ4n) is 0.628. The average Bonchev–Trinajstić information content (AvgIpc) is 1.86. The monoisotopic (exact) mass is 154 g/mol. The molecular formula is C9H18N2. The van der Waals surface area contributed by atoms with Gasteiger partial charge in [0, 0.05) is 31.5 Å². The molecule has 0 bridgehead atoms. The smallest absolute Gasteiger partial charge is 0.0344 e. The summed E-state index contributed by atoms with van der Waals surface area (Å²) in [7, 11) is 2.03. The zero-order valence-electron chi connectivity index (χ0n) is 7.78. The van der Waals surface area contributed by atoms with E-state index in [0.29, 0.717) is 0 Å². The second-order valence-corrected chi connectivity index (χ2v) is 2.86. The second-order valence-electron chi connectivity index (χ2n) is 2.86. The van der Waals surface area contributed by atoms with Crippen LogP contribution in [-0.4, -0.2) is 25.0 Å². The van der Waals surface area contributed by atoms with E-state index in [2.05, 4.69) is 23.4 Å². The van der Waals surface area contributed by atoms with Gasteiger partial charge in [0.1, 0.15) is 0 Å². The van der Waals surface area contributed by atoms with Crippen LogP contribution in [-0.2, 0) is 0 Å². The average molecular weight is 154 g/mol. The Labute approximate surface area is 69.6 Å². The highest BCUT2D eigenvalue weighted by molar-refractivity contribution is 4.88. The van der Waals surface area contributed by atoms with Gasteiger partial charge in [0.2, 0.25) is 0 Å². The standard InChI is InChI=1S/C9H18N2/c1-8(2)10-6-7-11(5)9(3)4/h10H,1,3,6-7H2,2,4-5H3. The molecule has 0 aliphatic heterocycles. The molecule has 0 aromatic rings. The van der Waals surface area contributed by atoms with Crippen LogP contribution < -0.4 is 5.32 Å². The van der Waals surface area contributed by atoms with Crippen molar-refractivity contribution >= 4 is 0 Å². The zero-order valence-corrected chi connectivity index (χ0v) is 7.78. The normalized spacial score (nSPS) is 9.00. The lowest BCUT2D eigenvalue weighted by Gasteiger charge is -2.18. The van der Waals surface area contributed by atoms with Crippen molar-refractivity contribution < 1.29 is 0 Å². The van der Waals surface area contributed by atoms with E-state index in [9.17, 15) is 0 Å². The zero-order chi connectivity index (χ0) is 8.85. The Morgan fingerprint density at radius 2 is 1.91 bits per heavy atom. The van der Waals surface area contributed by atoms with Crippen LogP contribution in [0.3, 0.4) is 0 Å². The van der Waals surface area contributed by atoms with Crippen molar-refractivity contribution in [2.24, 2.45) is 0 Å². The van der Waals surface area contributed by atoms with Crippen LogP contribution in [0.5, 0.6) is 0 Å². The van der Waals surface area contributed by atoms with Gasteiger partial charge in [-0.05, 0) is 13.8 Å². The lowest BCUT2D eigenvalue weighted by Crippen LogP contribution is -2.26. The summed E-state index contributed by atoms with van der Waals surface area (Å²) in [6, 6.07) is 0. The number of likely N-dealkylation sites (N-methyl/N-ethyl adjacent to an activating group) is 1. The predicted molar refractivity (Wildman–Crippen MR) is 50.3 cm³/mol. The summed E-state index contributed by atoms with van der Waals surface area (Å²) in [4.78, 5) is 2.11. The predicted octanol–water partition coefficient (Wildman–Crippen LogP) is 1.58. The fourth-order valence-corrected chi connectivity index (χ4v) is 0.628. The van der Waals surface area contributed by atoms with Gasteiger partial charge in [-0.15, -0.1) is 0 Å². The molecule has 0 heterocycles. The Kier molecular flexibility index (Phi) is 4.42. The maximum Gasteiger partial charge on any atom is 0.0344 e. The molecule has 0 fully saturated rings. The third-order valence-electron chi connectivity index (χ3n) is 1.53. The van der Waals surface area contributed by atoms with Gasteiger partial charge in [0.25, 0.3) is 0 Å². The van der Waals surface area contributed by atoms with Crippen molar-refractivity contribution in [3.8, 4) is 0 Å². The highest BCUT2D eigenvalue weighted by atomic mass is 15.1. The highest BCUT2D eigenvalue weighted by Crippen LogP contribution is 1.93. The Morgan fingerprint density at radius 1 is 1.36 bits per heavy atom. The van der Waals surface area contributed by atoms with Gasteiger partial charge in [-0.25, -0.2) is 0 Å². The molecule has 0 aromatic heterocycles. The summed E-state index contributed by atoms with van der Waals surface area (Å²) in [5.41, 5.74) is 2.11.